The maximum Gasteiger partial charge on any atom is 0.310 e. The predicted octanol–water partition coefficient (Wildman–Crippen LogP) is 5.57. The van der Waals surface area contributed by atoms with Gasteiger partial charge in [0.1, 0.15) is 0 Å². The van der Waals surface area contributed by atoms with Crippen LogP contribution in [0.15, 0.2) is 48.8 Å². The van der Waals surface area contributed by atoms with Crippen LogP contribution in [0.4, 0.5) is 0 Å². The van der Waals surface area contributed by atoms with Crippen LogP contribution in [0, 0.1) is 13.8 Å². The molecule has 0 saturated heterocycles. The Balaban J connectivity index is 1.56. The SMILES string of the molecule is Cc1ncn(CCCOC(=O)Cc2ccccc2Cc2c(Cl)cccc2Cl)c1C. The highest BCUT2D eigenvalue weighted by molar-refractivity contribution is 6.36. The molecule has 0 radical (unpaired) electrons. The van der Waals surface area contributed by atoms with Gasteiger partial charge in [0.15, 0.2) is 0 Å². The Hall–Kier alpha value is -2.30. The van der Waals surface area contributed by atoms with Gasteiger partial charge in [-0.25, -0.2) is 4.98 Å². The lowest BCUT2D eigenvalue weighted by atomic mass is 9.98. The number of aryl methyl sites for hydroxylation is 2. The second kappa shape index (κ2) is 9.95. The number of imidazole rings is 1. The first-order valence-electron chi connectivity index (χ1n) is 9.59. The number of esters is 1. The van der Waals surface area contributed by atoms with Crippen molar-refractivity contribution in [1.82, 2.24) is 9.55 Å². The van der Waals surface area contributed by atoms with Crippen molar-refractivity contribution in [2.75, 3.05) is 6.61 Å². The highest BCUT2D eigenvalue weighted by Gasteiger charge is 2.13. The van der Waals surface area contributed by atoms with Gasteiger partial charge in [0, 0.05) is 28.7 Å². The second-order valence-corrected chi connectivity index (χ2v) is 7.82. The molecule has 0 aliphatic rings. The molecule has 0 bridgehead atoms. The third kappa shape index (κ3) is 5.62. The monoisotopic (exact) mass is 430 g/mol. The van der Waals surface area contributed by atoms with Crippen LogP contribution in [0.3, 0.4) is 0 Å². The van der Waals surface area contributed by atoms with E-state index < -0.39 is 0 Å². The Morgan fingerprint density at radius 3 is 2.38 bits per heavy atom. The molecule has 0 atom stereocenters. The lowest BCUT2D eigenvalue weighted by Crippen LogP contribution is -2.12. The van der Waals surface area contributed by atoms with Crippen molar-refractivity contribution in [3.8, 4) is 0 Å². The first kappa shape index (κ1) is 21.4. The lowest BCUT2D eigenvalue weighted by molar-refractivity contribution is -0.143. The Morgan fingerprint density at radius 1 is 1.03 bits per heavy atom. The van der Waals surface area contributed by atoms with E-state index in [0.717, 1.165) is 41.0 Å². The van der Waals surface area contributed by atoms with Gasteiger partial charge >= 0.3 is 5.97 Å². The number of hydrogen-bond acceptors (Lipinski definition) is 3. The Labute approximate surface area is 181 Å². The fourth-order valence-electron chi connectivity index (χ4n) is 3.19. The molecule has 0 aliphatic carbocycles. The Morgan fingerprint density at radius 2 is 1.72 bits per heavy atom. The van der Waals surface area contributed by atoms with Crippen molar-refractivity contribution in [3.05, 3.63) is 86.9 Å². The van der Waals surface area contributed by atoms with Gasteiger partial charge in [-0.2, -0.15) is 0 Å². The molecule has 6 heteroatoms. The van der Waals surface area contributed by atoms with Gasteiger partial charge in [-0.15, -0.1) is 0 Å². The largest absolute Gasteiger partial charge is 0.465 e. The van der Waals surface area contributed by atoms with E-state index in [1.807, 2.05) is 62.6 Å². The molecule has 4 nitrogen and oxygen atoms in total. The van der Waals surface area contributed by atoms with Gasteiger partial charge in [0.05, 0.1) is 25.0 Å². The van der Waals surface area contributed by atoms with Crippen LogP contribution in [-0.4, -0.2) is 22.1 Å². The molecule has 1 aromatic heterocycles. The zero-order chi connectivity index (χ0) is 20.8. The van der Waals surface area contributed by atoms with Crippen LogP contribution < -0.4 is 0 Å². The normalized spacial score (nSPS) is 10.9. The number of carbonyl (C=O) groups is 1. The molecule has 0 unspecified atom stereocenters. The number of ether oxygens (including phenoxy) is 1. The second-order valence-electron chi connectivity index (χ2n) is 7.01. The van der Waals surface area contributed by atoms with Crippen molar-refractivity contribution < 1.29 is 9.53 Å². The third-order valence-electron chi connectivity index (χ3n) is 5.03. The molecule has 0 aliphatic heterocycles. The van der Waals surface area contributed by atoms with E-state index in [1.165, 1.54) is 0 Å². The quantitative estimate of drug-likeness (QED) is 0.346. The summed E-state index contributed by atoms with van der Waals surface area (Å²) in [4.78, 5) is 16.6. The molecule has 0 spiro atoms. The molecule has 1 heterocycles. The van der Waals surface area contributed by atoms with Gasteiger partial charge in [-0.05, 0) is 49.1 Å². The summed E-state index contributed by atoms with van der Waals surface area (Å²) >= 11 is 12.6. The number of rotatable bonds is 8. The predicted molar refractivity (Wildman–Crippen MR) is 117 cm³/mol. The van der Waals surface area contributed by atoms with Gasteiger partial charge in [0.2, 0.25) is 0 Å². The number of carbonyl (C=O) groups excluding carboxylic acids is 1. The number of aromatic nitrogens is 2. The van der Waals surface area contributed by atoms with E-state index in [1.54, 1.807) is 0 Å². The zero-order valence-corrected chi connectivity index (χ0v) is 18.1. The molecule has 29 heavy (non-hydrogen) atoms. The fourth-order valence-corrected chi connectivity index (χ4v) is 3.72. The molecule has 0 N–H and O–H groups in total. The highest BCUT2D eigenvalue weighted by atomic mass is 35.5. The topological polar surface area (TPSA) is 44.1 Å². The van der Waals surface area contributed by atoms with Crippen molar-refractivity contribution in [1.29, 1.82) is 0 Å². The van der Waals surface area contributed by atoms with E-state index in [9.17, 15) is 4.79 Å². The average molecular weight is 431 g/mol. The molecular formula is C23H24Cl2N2O2. The number of halogens is 2. The molecule has 0 saturated carbocycles. The van der Waals surface area contributed by atoms with E-state index >= 15 is 0 Å². The Kier molecular flexibility index (Phi) is 7.34. The van der Waals surface area contributed by atoms with Crippen LogP contribution in [0.1, 0.15) is 34.5 Å². The maximum atomic E-state index is 12.3. The zero-order valence-electron chi connectivity index (χ0n) is 16.6. The van der Waals surface area contributed by atoms with Crippen LogP contribution in [0.25, 0.3) is 0 Å². The van der Waals surface area contributed by atoms with Crippen molar-refractivity contribution in [3.63, 3.8) is 0 Å². The first-order chi connectivity index (χ1) is 14.0. The van der Waals surface area contributed by atoms with Gasteiger partial charge < -0.3 is 9.30 Å². The molecule has 152 valence electrons. The van der Waals surface area contributed by atoms with Crippen LogP contribution in [-0.2, 0) is 28.9 Å². The minimum Gasteiger partial charge on any atom is -0.465 e. The third-order valence-corrected chi connectivity index (χ3v) is 5.74. The molecular weight excluding hydrogens is 407 g/mol. The van der Waals surface area contributed by atoms with Crippen molar-refractivity contribution in [2.24, 2.45) is 0 Å². The number of benzene rings is 2. The summed E-state index contributed by atoms with van der Waals surface area (Å²) in [6, 6.07) is 13.3. The van der Waals surface area contributed by atoms with E-state index in [2.05, 4.69) is 9.55 Å². The van der Waals surface area contributed by atoms with Gasteiger partial charge in [0.25, 0.3) is 0 Å². The average Bonchev–Trinajstić information content (AvgIpc) is 3.01. The fraction of sp³-hybridized carbons (Fsp3) is 0.304. The van der Waals surface area contributed by atoms with Gasteiger partial charge in [-0.1, -0.05) is 53.5 Å². The van der Waals surface area contributed by atoms with Crippen molar-refractivity contribution >= 4 is 29.2 Å². The number of hydrogen-bond donors (Lipinski definition) is 0. The van der Waals surface area contributed by atoms with Crippen molar-refractivity contribution in [2.45, 2.75) is 39.7 Å². The number of nitrogens with zero attached hydrogens (tertiary/aromatic N) is 2. The molecule has 3 aromatic rings. The maximum absolute atomic E-state index is 12.3. The van der Waals surface area contributed by atoms with Gasteiger partial charge in [-0.3, -0.25) is 4.79 Å². The Bertz CT molecular complexity index is 978. The van der Waals surface area contributed by atoms with Crippen LogP contribution in [0.2, 0.25) is 10.0 Å². The molecule has 2 aromatic carbocycles. The highest BCUT2D eigenvalue weighted by Crippen LogP contribution is 2.28. The summed E-state index contributed by atoms with van der Waals surface area (Å²) in [5.74, 6) is -0.235. The summed E-state index contributed by atoms with van der Waals surface area (Å²) in [6.45, 7) is 5.19. The first-order valence-corrected chi connectivity index (χ1v) is 10.3. The summed E-state index contributed by atoms with van der Waals surface area (Å²) in [7, 11) is 0. The lowest BCUT2D eigenvalue weighted by Gasteiger charge is -2.12. The molecule has 0 fully saturated rings. The van der Waals surface area contributed by atoms with E-state index in [4.69, 9.17) is 27.9 Å². The summed E-state index contributed by atoms with van der Waals surface area (Å²) < 4.78 is 7.52. The van der Waals surface area contributed by atoms with E-state index in [0.29, 0.717) is 23.1 Å². The summed E-state index contributed by atoms with van der Waals surface area (Å²) in [5.41, 5.74) is 4.97. The summed E-state index contributed by atoms with van der Waals surface area (Å²) in [6.07, 6.45) is 3.37. The standard InChI is InChI=1S/C23H24Cl2N2O2/c1-16-17(2)27(15-26-16)11-6-12-29-23(28)14-19-8-4-3-7-18(19)13-20-21(24)9-5-10-22(20)25/h3-5,7-10,15H,6,11-14H2,1-2H3. The van der Waals surface area contributed by atoms with Crippen LogP contribution in [0.5, 0.6) is 0 Å². The van der Waals surface area contributed by atoms with Crippen LogP contribution >= 0.6 is 23.2 Å². The summed E-state index contributed by atoms with van der Waals surface area (Å²) in [5, 5.41) is 1.25. The van der Waals surface area contributed by atoms with E-state index in [-0.39, 0.29) is 12.4 Å². The molecule has 3 rings (SSSR count). The minimum atomic E-state index is -0.235. The molecule has 0 amide bonds. The smallest absolute Gasteiger partial charge is 0.310 e. The minimum absolute atomic E-state index is 0.224.